The second-order valence-corrected chi connectivity index (χ2v) is 3.36. The highest BCUT2D eigenvalue weighted by atomic mass is 32.1. The first kappa shape index (κ1) is 8.96. The number of nitrogens with two attached hydrogens (primary N) is 1. The van der Waals surface area contributed by atoms with E-state index in [1.165, 1.54) is 0 Å². The third kappa shape index (κ3) is 1.54. The summed E-state index contributed by atoms with van der Waals surface area (Å²) in [6.07, 6.45) is 0. The van der Waals surface area contributed by atoms with Gasteiger partial charge < -0.3 is 10.2 Å². The molecule has 0 aliphatic carbocycles. The zero-order valence-corrected chi connectivity index (χ0v) is 8.39. The number of aryl methyl sites for hydroxylation is 1. The number of nitrogen functional groups attached to an aromatic ring is 1. The van der Waals surface area contributed by atoms with Crippen LogP contribution in [0.25, 0.3) is 11.5 Å². The quantitative estimate of drug-likeness (QED) is 0.556. The van der Waals surface area contributed by atoms with Gasteiger partial charge in [-0.25, -0.2) is 5.10 Å². The number of nitrogens with one attached hydrogen (secondary N) is 1. The van der Waals surface area contributed by atoms with E-state index in [0.29, 0.717) is 11.6 Å². The predicted octanol–water partition coefficient (Wildman–Crippen LogP) is 2.29. The molecule has 0 aliphatic heterocycles. The molecule has 0 bridgehead atoms. The van der Waals surface area contributed by atoms with E-state index in [1.54, 1.807) is 0 Å². The Morgan fingerprint density at radius 2 is 2.29 bits per heavy atom. The van der Waals surface area contributed by atoms with Crippen LogP contribution in [0.5, 0.6) is 0 Å². The highest BCUT2D eigenvalue weighted by Crippen LogP contribution is 2.21. The lowest BCUT2D eigenvalue weighted by atomic mass is 10.1. The minimum atomic E-state index is 0.263. The molecule has 0 unspecified atom stereocenters. The van der Waals surface area contributed by atoms with Crippen LogP contribution in [0.1, 0.15) is 5.56 Å². The van der Waals surface area contributed by atoms with E-state index >= 15 is 0 Å². The monoisotopic (exact) mass is 207 g/mol. The number of H-pyrrole nitrogens is 1. The number of anilines is 1. The standard InChI is InChI=1S/C9H9N3OS/c1-5-2-3-6(4-7(5)10)8-11-12-9(14)13-8/h2-4H,10H2,1H3,(H,12,14). The maximum absolute atomic E-state index is 5.76. The van der Waals surface area contributed by atoms with Crippen LogP contribution in [0.2, 0.25) is 0 Å². The van der Waals surface area contributed by atoms with Crippen LogP contribution >= 0.6 is 12.2 Å². The molecule has 1 heterocycles. The Kier molecular flexibility index (Phi) is 2.09. The van der Waals surface area contributed by atoms with Crippen LogP contribution in [0.15, 0.2) is 22.6 Å². The summed E-state index contributed by atoms with van der Waals surface area (Å²) in [4.78, 5) is 0.263. The molecule has 0 fully saturated rings. The number of nitrogens with zero attached hydrogens (tertiary/aromatic N) is 1. The van der Waals surface area contributed by atoms with Crippen molar-refractivity contribution in [3.05, 3.63) is 28.6 Å². The van der Waals surface area contributed by atoms with E-state index in [4.69, 9.17) is 22.4 Å². The molecule has 2 rings (SSSR count). The fraction of sp³-hybridized carbons (Fsp3) is 0.111. The lowest BCUT2D eigenvalue weighted by Gasteiger charge is -2.00. The summed E-state index contributed by atoms with van der Waals surface area (Å²) in [6, 6.07) is 5.61. The molecule has 0 saturated heterocycles. The third-order valence-electron chi connectivity index (χ3n) is 1.96. The summed E-state index contributed by atoms with van der Waals surface area (Å²) in [7, 11) is 0. The minimum absolute atomic E-state index is 0.263. The second kappa shape index (κ2) is 3.26. The molecule has 5 heteroatoms. The molecule has 14 heavy (non-hydrogen) atoms. The molecule has 0 amide bonds. The number of rotatable bonds is 1. The van der Waals surface area contributed by atoms with Gasteiger partial charge in [0.05, 0.1) is 0 Å². The molecule has 0 atom stereocenters. The molecule has 4 nitrogen and oxygen atoms in total. The fourth-order valence-electron chi connectivity index (χ4n) is 1.13. The van der Waals surface area contributed by atoms with Gasteiger partial charge in [0.25, 0.3) is 4.84 Å². The Labute approximate surface area is 85.8 Å². The summed E-state index contributed by atoms with van der Waals surface area (Å²) in [5.41, 5.74) is 8.32. The first-order chi connectivity index (χ1) is 6.66. The number of hydrogen-bond acceptors (Lipinski definition) is 4. The van der Waals surface area contributed by atoms with Crippen LogP contribution in [-0.2, 0) is 0 Å². The van der Waals surface area contributed by atoms with E-state index in [9.17, 15) is 0 Å². The summed E-state index contributed by atoms with van der Waals surface area (Å²) in [6.45, 7) is 1.94. The molecule has 0 aliphatic rings. The van der Waals surface area contributed by atoms with Crippen molar-refractivity contribution < 1.29 is 4.42 Å². The van der Waals surface area contributed by atoms with Gasteiger partial charge in [-0.1, -0.05) is 6.07 Å². The number of hydrogen-bond donors (Lipinski definition) is 2. The van der Waals surface area contributed by atoms with E-state index in [2.05, 4.69) is 10.2 Å². The van der Waals surface area contributed by atoms with Crippen molar-refractivity contribution in [3.8, 4) is 11.5 Å². The van der Waals surface area contributed by atoms with Crippen LogP contribution in [0.4, 0.5) is 5.69 Å². The van der Waals surface area contributed by atoms with Crippen molar-refractivity contribution >= 4 is 17.9 Å². The SMILES string of the molecule is Cc1ccc(-c2n[nH]c(=S)o2)cc1N. The zero-order valence-electron chi connectivity index (χ0n) is 7.57. The van der Waals surface area contributed by atoms with Gasteiger partial charge in [-0.3, -0.25) is 0 Å². The highest BCUT2D eigenvalue weighted by molar-refractivity contribution is 7.71. The van der Waals surface area contributed by atoms with Crippen LogP contribution in [0.3, 0.4) is 0 Å². The van der Waals surface area contributed by atoms with Crippen LogP contribution < -0.4 is 5.73 Å². The summed E-state index contributed by atoms with van der Waals surface area (Å²) >= 11 is 4.78. The first-order valence-electron chi connectivity index (χ1n) is 4.09. The summed E-state index contributed by atoms with van der Waals surface area (Å²) < 4.78 is 5.16. The third-order valence-corrected chi connectivity index (χ3v) is 2.14. The van der Waals surface area contributed by atoms with Gasteiger partial charge in [-0.05, 0) is 36.8 Å². The highest BCUT2D eigenvalue weighted by Gasteiger charge is 2.04. The van der Waals surface area contributed by atoms with E-state index in [0.717, 1.165) is 11.1 Å². The molecular formula is C9H9N3OS. The van der Waals surface area contributed by atoms with Crippen molar-refractivity contribution in [2.24, 2.45) is 0 Å². The number of aromatic amines is 1. The number of benzene rings is 1. The Morgan fingerprint density at radius 1 is 1.50 bits per heavy atom. The predicted molar refractivity (Wildman–Crippen MR) is 56.3 cm³/mol. The zero-order chi connectivity index (χ0) is 10.1. The average molecular weight is 207 g/mol. The molecule has 0 radical (unpaired) electrons. The van der Waals surface area contributed by atoms with Crippen molar-refractivity contribution in [1.29, 1.82) is 0 Å². The molecular weight excluding hydrogens is 198 g/mol. The Balaban J connectivity index is 2.52. The Morgan fingerprint density at radius 3 is 2.86 bits per heavy atom. The summed E-state index contributed by atoms with van der Waals surface area (Å²) in [5, 5.41) is 6.46. The van der Waals surface area contributed by atoms with Gasteiger partial charge >= 0.3 is 0 Å². The van der Waals surface area contributed by atoms with E-state index in [1.807, 2.05) is 25.1 Å². The van der Waals surface area contributed by atoms with Gasteiger partial charge in [0.15, 0.2) is 0 Å². The van der Waals surface area contributed by atoms with Gasteiger partial charge in [0, 0.05) is 11.3 Å². The molecule has 0 spiro atoms. The average Bonchev–Trinajstić information content (AvgIpc) is 2.57. The van der Waals surface area contributed by atoms with Crippen molar-refractivity contribution in [1.82, 2.24) is 10.2 Å². The van der Waals surface area contributed by atoms with Crippen molar-refractivity contribution in [2.75, 3.05) is 5.73 Å². The molecule has 2 aromatic rings. The smallest absolute Gasteiger partial charge is 0.284 e. The lowest BCUT2D eigenvalue weighted by molar-refractivity contribution is 0.552. The normalized spacial score (nSPS) is 10.4. The maximum atomic E-state index is 5.76. The van der Waals surface area contributed by atoms with E-state index < -0.39 is 0 Å². The molecule has 0 saturated carbocycles. The summed E-state index contributed by atoms with van der Waals surface area (Å²) in [5.74, 6) is 0.460. The van der Waals surface area contributed by atoms with Crippen LogP contribution in [-0.4, -0.2) is 10.2 Å². The largest absolute Gasteiger partial charge is 0.409 e. The lowest BCUT2D eigenvalue weighted by Crippen LogP contribution is -1.89. The van der Waals surface area contributed by atoms with Crippen molar-refractivity contribution in [2.45, 2.75) is 6.92 Å². The topological polar surface area (TPSA) is 67.8 Å². The Bertz CT molecular complexity index is 515. The molecule has 1 aromatic carbocycles. The molecule has 3 N–H and O–H groups in total. The van der Waals surface area contributed by atoms with Gasteiger partial charge in [0.1, 0.15) is 0 Å². The maximum Gasteiger partial charge on any atom is 0.284 e. The van der Waals surface area contributed by atoms with Crippen molar-refractivity contribution in [3.63, 3.8) is 0 Å². The van der Waals surface area contributed by atoms with Crippen LogP contribution in [0, 0.1) is 11.8 Å². The van der Waals surface area contributed by atoms with Gasteiger partial charge in [-0.15, -0.1) is 5.10 Å². The van der Waals surface area contributed by atoms with Gasteiger partial charge in [0.2, 0.25) is 5.89 Å². The van der Waals surface area contributed by atoms with Gasteiger partial charge in [-0.2, -0.15) is 0 Å². The second-order valence-electron chi connectivity index (χ2n) is 2.99. The fourth-order valence-corrected chi connectivity index (χ4v) is 1.25. The van der Waals surface area contributed by atoms with E-state index in [-0.39, 0.29) is 4.84 Å². The number of aromatic nitrogens is 2. The molecule has 1 aromatic heterocycles. The minimum Gasteiger partial charge on any atom is -0.409 e. The molecule has 72 valence electrons. The first-order valence-corrected chi connectivity index (χ1v) is 4.49. The Hall–Kier alpha value is -1.62.